The highest BCUT2D eigenvalue weighted by Crippen LogP contribution is 2.07. The van der Waals surface area contributed by atoms with E-state index < -0.39 is 0 Å². The Balaban J connectivity index is 2.95. The van der Waals surface area contributed by atoms with Crippen molar-refractivity contribution in [3.8, 4) is 0 Å². The number of imidazole rings is 2. The van der Waals surface area contributed by atoms with Gasteiger partial charge in [0.15, 0.2) is 11.3 Å². The van der Waals surface area contributed by atoms with Gasteiger partial charge in [-0.25, -0.2) is 9.97 Å². The number of hydrogen-bond acceptors (Lipinski definition) is 2. The lowest BCUT2D eigenvalue weighted by molar-refractivity contribution is 0.872. The van der Waals surface area contributed by atoms with Crippen molar-refractivity contribution >= 4 is 11.3 Å². The number of H-pyrrole nitrogens is 1. The van der Waals surface area contributed by atoms with Gasteiger partial charge in [0.2, 0.25) is 0 Å². The van der Waals surface area contributed by atoms with Gasteiger partial charge in [-0.3, -0.25) is 0 Å². The quantitative estimate of drug-likeness (QED) is 0.576. The van der Waals surface area contributed by atoms with Crippen LogP contribution in [0.25, 0.3) is 11.3 Å². The van der Waals surface area contributed by atoms with Gasteiger partial charge in [-0.05, 0) is 6.92 Å². The SMILES string of the molecule is Cc1nc2[nH]cnc2n1C. The Labute approximate surface area is 57.9 Å². The second-order valence-corrected chi connectivity index (χ2v) is 2.29. The summed E-state index contributed by atoms with van der Waals surface area (Å²) < 4.78 is 1.95. The highest BCUT2D eigenvalue weighted by Gasteiger charge is 2.03. The average molecular weight is 136 g/mol. The Morgan fingerprint density at radius 1 is 1.60 bits per heavy atom. The van der Waals surface area contributed by atoms with Crippen LogP contribution in [-0.2, 0) is 7.05 Å². The first-order valence-electron chi connectivity index (χ1n) is 3.11. The summed E-state index contributed by atoms with van der Waals surface area (Å²) in [5.74, 6) is 0.981. The maximum absolute atomic E-state index is 4.22. The van der Waals surface area contributed by atoms with Crippen LogP contribution in [0.3, 0.4) is 0 Å². The zero-order valence-corrected chi connectivity index (χ0v) is 5.92. The predicted molar refractivity (Wildman–Crippen MR) is 37.6 cm³/mol. The summed E-state index contributed by atoms with van der Waals surface area (Å²) in [4.78, 5) is 11.2. The molecule has 0 spiro atoms. The molecule has 2 rings (SSSR count). The molecule has 0 atom stereocenters. The molecule has 2 heterocycles. The highest BCUT2D eigenvalue weighted by molar-refractivity contribution is 5.66. The largest absolute Gasteiger partial charge is 0.328 e. The summed E-state index contributed by atoms with van der Waals surface area (Å²) in [5, 5.41) is 0. The number of aryl methyl sites for hydroxylation is 2. The highest BCUT2D eigenvalue weighted by atomic mass is 15.2. The van der Waals surface area contributed by atoms with E-state index in [1.165, 1.54) is 0 Å². The average Bonchev–Trinajstić information content (AvgIpc) is 2.41. The zero-order chi connectivity index (χ0) is 7.14. The fourth-order valence-electron chi connectivity index (χ4n) is 0.998. The van der Waals surface area contributed by atoms with Crippen molar-refractivity contribution in [2.75, 3.05) is 0 Å². The summed E-state index contributed by atoms with van der Waals surface area (Å²) in [6.07, 6.45) is 1.65. The molecular formula is C6H8N4. The van der Waals surface area contributed by atoms with Crippen LogP contribution in [0, 0.1) is 6.92 Å². The number of aromatic amines is 1. The fraction of sp³-hybridized carbons (Fsp3) is 0.333. The van der Waals surface area contributed by atoms with Crippen molar-refractivity contribution in [2.24, 2.45) is 7.05 Å². The first kappa shape index (κ1) is 5.46. The van der Waals surface area contributed by atoms with Crippen molar-refractivity contribution in [1.29, 1.82) is 0 Å². The molecule has 0 saturated heterocycles. The smallest absolute Gasteiger partial charge is 0.178 e. The van der Waals surface area contributed by atoms with Crippen LogP contribution in [-0.4, -0.2) is 19.5 Å². The van der Waals surface area contributed by atoms with Gasteiger partial charge < -0.3 is 9.55 Å². The van der Waals surface area contributed by atoms with E-state index in [9.17, 15) is 0 Å². The molecule has 52 valence electrons. The number of aromatic nitrogens is 4. The Bertz CT molecular complexity index is 357. The molecule has 0 aliphatic heterocycles. The first-order valence-corrected chi connectivity index (χ1v) is 3.11. The lowest BCUT2D eigenvalue weighted by Crippen LogP contribution is -1.90. The lowest BCUT2D eigenvalue weighted by Gasteiger charge is -1.89. The molecule has 0 fully saturated rings. The number of rotatable bonds is 0. The molecule has 4 nitrogen and oxygen atoms in total. The van der Waals surface area contributed by atoms with E-state index in [4.69, 9.17) is 0 Å². The van der Waals surface area contributed by atoms with Gasteiger partial charge in [0.05, 0.1) is 6.33 Å². The third-order valence-corrected chi connectivity index (χ3v) is 1.68. The summed E-state index contributed by atoms with van der Waals surface area (Å²) in [6.45, 7) is 1.95. The van der Waals surface area contributed by atoms with E-state index in [1.54, 1.807) is 6.33 Å². The molecule has 1 N–H and O–H groups in total. The normalized spacial score (nSPS) is 11.0. The Hall–Kier alpha value is -1.32. The van der Waals surface area contributed by atoms with Crippen LogP contribution in [0.15, 0.2) is 6.33 Å². The summed E-state index contributed by atoms with van der Waals surface area (Å²) >= 11 is 0. The molecule has 0 amide bonds. The summed E-state index contributed by atoms with van der Waals surface area (Å²) in [5.41, 5.74) is 1.78. The van der Waals surface area contributed by atoms with Gasteiger partial charge in [0.1, 0.15) is 5.82 Å². The molecule has 0 aromatic carbocycles. The van der Waals surface area contributed by atoms with Crippen LogP contribution in [0.2, 0.25) is 0 Å². The van der Waals surface area contributed by atoms with Gasteiger partial charge in [0, 0.05) is 7.05 Å². The number of fused-ring (bicyclic) bond motifs is 1. The van der Waals surface area contributed by atoms with Crippen molar-refractivity contribution in [3.63, 3.8) is 0 Å². The van der Waals surface area contributed by atoms with Gasteiger partial charge in [-0.2, -0.15) is 0 Å². The Morgan fingerprint density at radius 3 is 3.10 bits per heavy atom. The Kier molecular flexibility index (Phi) is 0.869. The van der Waals surface area contributed by atoms with Crippen molar-refractivity contribution in [3.05, 3.63) is 12.2 Å². The molecule has 0 saturated carbocycles. The van der Waals surface area contributed by atoms with E-state index in [2.05, 4.69) is 15.0 Å². The van der Waals surface area contributed by atoms with Crippen LogP contribution in [0.4, 0.5) is 0 Å². The zero-order valence-electron chi connectivity index (χ0n) is 5.92. The van der Waals surface area contributed by atoms with Crippen molar-refractivity contribution < 1.29 is 0 Å². The predicted octanol–water partition coefficient (Wildman–Crippen LogP) is 0.605. The van der Waals surface area contributed by atoms with Crippen LogP contribution in [0.5, 0.6) is 0 Å². The van der Waals surface area contributed by atoms with Crippen molar-refractivity contribution in [1.82, 2.24) is 19.5 Å². The molecule has 0 bridgehead atoms. The van der Waals surface area contributed by atoms with E-state index in [0.29, 0.717) is 0 Å². The minimum Gasteiger partial charge on any atom is -0.328 e. The molecule has 10 heavy (non-hydrogen) atoms. The second kappa shape index (κ2) is 1.59. The molecule has 0 radical (unpaired) electrons. The number of hydrogen-bond donors (Lipinski definition) is 1. The van der Waals surface area contributed by atoms with Gasteiger partial charge in [-0.1, -0.05) is 0 Å². The number of nitrogens with zero attached hydrogens (tertiary/aromatic N) is 3. The molecule has 4 heteroatoms. The molecule has 0 aliphatic rings. The fourth-order valence-corrected chi connectivity index (χ4v) is 0.998. The van der Waals surface area contributed by atoms with E-state index in [1.807, 2.05) is 18.5 Å². The van der Waals surface area contributed by atoms with Crippen LogP contribution in [0.1, 0.15) is 5.82 Å². The topological polar surface area (TPSA) is 46.5 Å². The minimum atomic E-state index is 0.861. The summed E-state index contributed by atoms with van der Waals surface area (Å²) in [6, 6.07) is 0. The molecule has 2 aromatic rings. The standard InChI is InChI=1S/C6H8N4/c1-4-9-5-6(10(4)2)8-3-7-5/h3H,1-2H3,(H,7,8). The van der Waals surface area contributed by atoms with Gasteiger partial charge >= 0.3 is 0 Å². The van der Waals surface area contributed by atoms with E-state index >= 15 is 0 Å². The molecular weight excluding hydrogens is 128 g/mol. The monoisotopic (exact) mass is 136 g/mol. The molecule has 0 unspecified atom stereocenters. The van der Waals surface area contributed by atoms with E-state index in [-0.39, 0.29) is 0 Å². The Morgan fingerprint density at radius 2 is 2.40 bits per heavy atom. The molecule has 0 aliphatic carbocycles. The first-order chi connectivity index (χ1) is 4.79. The lowest BCUT2D eigenvalue weighted by atomic mass is 10.7. The van der Waals surface area contributed by atoms with Crippen LogP contribution >= 0.6 is 0 Å². The van der Waals surface area contributed by atoms with Gasteiger partial charge in [0.25, 0.3) is 0 Å². The third kappa shape index (κ3) is 0.504. The van der Waals surface area contributed by atoms with Gasteiger partial charge in [-0.15, -0.1) is 0 Å². The summed E-state index contributed by atoms with van der Waals surface area (Å²) in [7, 11) is 1.95. The third-order valence-electron chi connectivity index (χ3n) is 1.68. The van der Waals surface area contributed by atoms with Crippen molar-refractivity contribution in [2.45, 2.75) is 6.92 Å². The van der Waals surface area contributed by atoms with E-state index in [0.717, 1.165) is 17.1 Å². The minimum absolute atomic E-state index is 0.861. The maximum atomic E-state index is 4.22. The maximum Gasteiger partial charge on any atom is 0.178 e. The number of nitrogens with one attached hydrogen (secondary N) is 1. The van der Waals surface area contributed by atoms with Crippen LogP contribution < -0.4 is 0 Å². The second-order valence-electron chi connectivity index (χ2n) is 2.29. The molecule has 2 aromatic heterocycles.